The van der Waals surface area contributed by atoms with Gasteiger partial charge >= 0.3 is 0 Å². The van der Waals surface area contributed by atoms with Crippen molar-refractivity contribution in [2.24, 2.45) is 17.7 Å². The van der Waals surface area contributed by atoms with E-state index in [0.717, 1.165) is 18.8 Å². The molecule has 3 N–H and O–H groups in total. The Kier molecular flexibility index (Phi) is 6.32. The van der Waals surface area contributed by atoms with E-state index >= 15 is 0 Å². The Hall–Kier alpha value is -0.120. The Morgan fingerprint density at radius 3 is 2.38 bits per heavy atom. The summed E-state index contributed by atoms with van der Waals surface area (Å²) in [6, 6.07) is 0.331. The highest BCUT2D eigenvalue weighted by molar-refractivity contribution is 4.85. The van der Waals surface area contributed by atoms with Gasteiger partial charge in [-0.1, -0.05) is 33.1 Å². The normalized spacial score (nSPS) is 30.0. The maximum absolute atomic E-state index is 5.72. The summed E-state index contributed by atoms with van der Waals surface area (Å²) in [5, 5.41) is 0. The molecular formula is C13H28N2O. The molecule has 1 fully saturated rings. The fourth-order valence-electron chi connectivity index (χ4n) is 2.92. The van der Waals surface area contributed by atoms with E-state index in [0.29, 0.717) is 12.0 Å². The van der Waals surface area contributed by atoms with Crippen LogP contribution >= 0.6 is 0 Å². The molecule has 1 aliphatic rings. The molecule has 96 valence electrons. The number of ether oxygens (including phenoxy) is 1. The Morgan fingerprint density at radius 1 is 1.31 bits per heavy atom. The van der Waals surface area contributed by atoms with E-state index in [1.807, 2.05) is 0 Å². The van der Waals surface area contributed by atoms with Crippen molar-refractivity contribution >= 4 is 0 Å². The second kappa shape index (κ2) is 7.25. The summed E-state index contributed by atoms with van der Waals surface area (Å²) in [5.41, 5.74) is 3.00. The molecule has 0 aromatic heterocycles. The van der Waals surface area contributed by atoms with E-state index < -0.39 is 0 Å². The van der Waals surface area contributed by atoms with E-state index in [9.17, 15) is 0 Å². The first-order valence-electron chi connectivity index (χ1n) is 6.71. The number of methoxy groups -OCH3 is 1. The van der Waals surface area contributed by atoms with Gasteiger partial charge in [-0.25, -0.2) is 0 Å². The molecule has 0 radical (unpaired) electrons. The van der Waals surface area contributed by atoms with Gasteiger partial charge in [0.1, 0.15) is 0 Å². The first-order chi connectivity index (χ1) is 7.72. The quantitative estimate of drug-likeness (QED) is 0.542. The van der Waals surface area contributed by atoms with Crippen molar-refractivity contribution in [3.8, 4) is 0 Å². The first-order valence-corrected chi connectivity index (χ1v) is 6.71. The van der Waals surface area contributed by atoms with Crippen molar-refractivity contribution in [3.05, 3.63) is 0 Å². The lowest BCUT2D eigenvalue weighted by Gasteiger charge is -2.36. The van der Waals surface area contributed by atoms with Gasteiger partial charge in [0.25, 0.3) is 0 Å². The summed E-state index contributed by atoms with van der Waals surface area (Å²) in [5.74, 6) is 7.30. The highest BCUT2D eigenvalue weighted by Gasteiger charge is 2.30. The SMILES string of the molecule is CCCC(OC)C(NN)C1CCC(C)CC1. The van der Waals surface area contributed by atoms with Gasteiger partial charge in [-0.15, -0.1) is 0 Å². The van der Waals surface area contributed by atoms with Crippen LogP contribution in [0.1, 0.15) is 52.4 Å². The maximum Gasteiger partial charge on any atom is 0.0740 e. The Balaban J connectivity index is 2.51. The molecule has 2 atom stereocenters. The highest BCUT2D eigenvalue weighted by Crippen LogP contribution is 2.32. The van der Waals surface area contributed by atoms with E-state index in [1.54, 1.807) is 7.11 Å². The zero-order valence-electron chi connectivity index (χ0n) is 11.0. The van der Waals surface area contributed by atoms with Crippen molar-refractivity contribution in [2.45, 2.75) is 64.5 Å². The fourth-order valence-corrected chi connectivity index (χ4v) is 2.92. The lowest BCUT2D eigenvalue weighted by atomic mass is 9.77. The summed E-state index contributed by atoms with van der Waals surface area (Å²) in [7, 11) is 1.80. The smallest absolute Gasteiger partial charge is 0.0740 e. The minimum atomic E-state index is 0.272. The molecule has 0 spiro atoms. The monoisotopic (exact) mass is 228 g/mol. The molecule has 16 heavy (non-hydrogen) atoms. The minimum Gasteiger partial charge on any atom is -0.380 e. The third kappa shape index (κ3) is 3.72. The van der Waals surface area contributed by atoms with Gasteiger partial charge < -0.3 is 4.74 Å². The zero-order chi connectivity index (χ0) is 12.0. The van der Waals surface area contributed by atoms with Crippen LogP contribution in [0.3, 0.4) is 0 Å². The molecule has 1 saturated carbocycles. The zero-order valence-corrected chi connectivity index (χ0v) is 11.0. The van der Waals surface area contributed by atoms with Crippen LogP contribution in [0.5, 0.6) is 0 Å². The lowest BCUT2D eigenvalue weighted by Crippen LogP contribution is -2.50. The van der Waals surface area contributed by atoms with Gasteiger partial charge in [0.15, 0.2) is 0 Å². The van der Waals surface area contributed by atoms with Crippen molar-refractivity contribution in [1.82, 2.24) is 5.43 Å². The number of hydrogen-bond donors (Lipinski definition) is 2. The minimum absolute atomic E-state index is 0.272. The molecule has 0 saturated heterocycles. The first kappa shape index (κ1) is 13.9. The van der Waals surface area contributed by atoms with Gasteiger partial charge in [-0.2, -0.15) is 0 Å². The largest absolute Gasteiger partial charge is 0.380 e. The van der Waals surface area contributed by atoms with Gasteiger partial charge in [0.2, 0.25) is 0 Å². The standard InChI is InChI=1S/C13H28N2O/c1-4-5-12(16-3)13(15-14)11-8-6-10(2)7-9-11/h10-13,15H,4-9,14H2,1-3H3. The second-order valence-electron chi connectivity index (χ2n) is 5.28. The van der Waals surface area contributed by atoms with Crippen LogP contribution in [0.2, 0.25) is 0 Å². The topological polar surface area (TPSA) is 47.3 Å². The van der Waals surface area contributed by atoms with Crippen LogP contribution < -0.4 is 11.3 Å². The van der Waals surface area contributed by atoms with Gasteiger partial charge in [0, 0.05) is 7.11 Å². The number of hydrogen-bond acceptors (Lipinski definition) is 3. The molecule has 0 aliphatic heterocycles. The number of nitrogens with two attached hydrogens (primary N) is 1. The Bertz CT molecular complexity index is 179. The molecule has 2 unspecified atom stereocenters. The molecule has 0 bridgehead atoms. The van der Waals surface area contributed by atoms with Crippen molar-refractivity contribution in [3.63, 3.8) is 0 Å². The summed E-state index contributed by atoms with van der Waals surface area (Å²) < 4.78 is 5.58. The van der Waals surface area contributed by atoms with Crippen molar-refractivity contribution in [1.29, 1.82) is 0 Å². The summed E-state index contributed by atoms with van der Waals surface area (Å²) in [6.07, 6.45) is 7.78. The van der Waals surface area contributed by atoms with Crippen molar-refractivity contribution < 1.29 is 4.74 Å². The van der Waals surface area contributed by atoms with Crippen LogP contribution in [0.4, 0.5) is 0 Å². The predicted molar refractivity (Wildman–Crippen MR) is 67.9 cm³/mol. The molecule has 1 aliphatic carbocycles. The fraction of sp³-hybridized carbons (Fsp3) is 1.00. The maximum atomic E-state index is 5.72. The number of hydrazine groups is 1. The summed E-state index contributed by atoms with van der Waals surface area (Å²) in [4.78, 5) is 0. The molecule has 3 nitrogen and oxygen atoms in total. The number of rotatable bonds is 6. The third-order valence-electron chi connectivity index (χ3n) is 4.04. The molecule has 0 aromatic rings. The van der Waals surface area contributed by atoms with Crippen LogP contribution in [-0.4, -0.2) is 19.3 Å². The van der Waals surface area contributed by atoms with Crippen LogP contribution in [0.15, 0.2) is 0 Å². The molecule has 3 heteroatoms. The molecule has 0 aromatic carbocycles. The molecule has 0 amide bonds. The van der Waals surface area contributed by atoms with E-state index in [2.05, 4.69) is 19.3 Å². The van der Waals surface area contributed by atoms with Crippen LogP contribution in [-0.2, 0) is 4.74 Å². The predicted octanol–water partition coefficient (Wildman–Crippen LogP) is 2.46. The molecular weight excluding hydrogens is 200 g/mol. The average molecular weight is 228 g/mol. The van der Waals surface area contributed by atoms with Crippen LogP contribution in [0, 0.1) is 11.8 Å². The van der Waals surface area contributed by atoms with Crippen LogP contribution in [0.25, 0.3) is 0 Å². The summed E-state index contributed by atoms with van der Waals surface area (Å²) >= 11 is 0. The average Bonchev–Trinajstić information content (AvgIpc) is 2.31. The van der Waals surface area contributed by atoms with E-state index in [4.69, 9.17) is 10.6 Å². The van der Waals surface area contributed by atoms with E-state index in [-0.39, 0.29) is 6.10 Å². The van der Waals surface area contributed by atoms with Gasteiger partial charge in [-0.05, 0) is 31.1 Å². The van der Waals surface area contributed by atoms with Crippen molar-refractivity contribution in [2.75, 3.05) is 7.11 Å². The lowest BCUT2D eigenvalue weighted by molar-refractivity contribution is 0.0301. The molecule has 1 rings (SSSR count). The van der Waals surface area contributed by atoms with Gasteiger partial charge in [0.05, 0.1) is 12.1 Å². The summed E-state index contributed by atoms with van der Waals surface area (Å²) in [6.45, 7) is 4.55. The van der Waals surface area contributed by atoms with Gasteiger partial charge in [-0.3, -0.25) is 11.3 Å². The molecule has 0 heterocycles. The second-order valence-corrected chi connectivity index (χ2v) is 5.28. The van der Waals surface area contributed by atoms with E-state index in [1.165, 1.54) is 25.7 Å². The number of nitrogens with one attached hydrogen (secondary N) is 1. The highest BCUT2D eigenvalue weighted by atomic mass is 16.5. The third-order valence-corrected chi connectivity index (χ3v) is 4.04. The Morgan fingerprint density at radius 2 is 1.94 bits per heavy atom. The Labute approximate surface area is 100 Å².